The number of aryl methyl sites for hydroxylation is 1. The van der Waals surface area contributed by atoms with Crippen LogP contribution in [0.2, 0.25) is 5.02 Å². The minimum atomic E-state index is -0.406. The van der Waals surface area contributed by atoms with Gasteiger partial charge in [-0.2, -0.15) is 0 Å². The summed E-state index contributed by atoms with van der Waals surface area (Å²) in [6, 6.07) is 6.42. The number of nitrogen functional groups attached to an aromatic ring is 1. The lowest BCUT2D eigenvalue weighted by Gasteiger charge is -2.12. The lowest BCUT2D eigenvalue weighted by molar-refractivity contribution is 0.146. The Morgan fingerprint density at radius 2 is 2.04 bits per heavy atom. The molecule has 1 heterocycles. The van der Waals surface area contributed by atoms with Crippen molar-refractivity contribution in [3.05, 3.63) is 64.1 Å². The molecule has 2 rings (SSSR count). The third kappa shape index (κ3) is 5.29. The molecule has 0 fully saturated rings. The Labute approximate surface area is 162 Å². The van der Waals surface area contributed by atoms with Crippen LogP contribution in [0.1, 0.15) is 16.8 Å². The molecule has 0 aliphatic carbocycles. The maximum atomic E-state index is 10.2. The first-order valence-corrected chi connectivity index (χ1v) is 8.43. The Balaban J connectivity index is 2.21. The molecule has 2 aromatic rings. The van der Waals surface area contributed by atoms with E-state index in [1.165, 1.54) is 24.4 Å². The van der Waals surface area contributed by atoms with Gasteiger partial charge in [-0.3, -0.25) is 10.4 Å². The fourth-order valence-corrected chi connectivity index (χ4v) is 2.41. The van der Waals surface area contributed by atoms with Crippen LogP contribution in [0.4, 0.5) is 5.69 Å². The lowest BCUT2D eigenvalue weighted by atomic mass is 10.0. The number of hydrogen-bond donors (Lipinski definition) is 4. The van der Waals surface area contributed by atoms with Crippen LogP contribution in [0, 0.1) is 17.7 Å². The number of pyridine rings is 1. The van der Waals surface area contributed by atoms with E-state index in [2.05, 4.69) is 4.98 Å². The highest BCUT2D eigenvalue weighted by atomic mass is 35.5. The van der Waals surface area contributed by atoms with Crippen molar-refractivity contribution in [2.24, 2.45) is 0 Å². The number of nitrogens with one attached hydrogen (secondary N) is 2. The molecule has 0 atom stereocenters. The van der Waals surface area contributed by atoms with Gasteiger partial charge in [0.2, 0.25) is 0 Å². The number of hydrogen-bond acceptors (Lipinski definition) is 7. The smallest absolute Gasteiger partial charge is 0.143 e. The molecule has 0 saturated heterocycles. The van der Waals surface area contributed by atoms with E-state index in [0.717, 1.165) is 5.69 Å². The van der Waals surface area contributed by atoms with Gasteiger partial charge in [0.05, 0.1) is 17.3 Å². The predicted molar refractivity (Wildman–Crippen MR) is 107 cm³/mol. The zero-order valence-electron chi connectivity index (χ0n) is 15.0. The van der Waals surface area contributed by atoms with Gasteiger partial charge < -0.3 is 25.7 Å². The monoisotopic (exact) mass is 388 g/mol. The minimum Gasteiger partial charge on any atom is -0.506 e. The van der Waals surface area contributed by atoms with E-state index in [9.17, 15) is 5.11 Å². The van der Waals surface area contributed by atoms with Gasteiger partial charge in [0.25, 0.3) is 0 Å². The Bertz CT molecular complexity index is 879. The molecule has 0 bridgehead atoms. The number of anilines is 1. The highest BCUT2D eigenvalue weighted by Crippen LogP contribution is 2.31. The van der Waals surface area contributed by atoms with Crippen molar-refractivity contribution in [3.63, 3.8) is 0 Å². The molecule has 0 amide bonds. The molecule has 1 aromatic heterocycles. The van der Waals surface area contributed by atoms with E-state index < -0.39 is 5.76 Å². The summed E-state index contributed by atoms with van der Waals surface area (Å²) in [4.78, 5) is 4.11. The molecule has 0 aliphatic rings. The number of methoxy groups -OCH3 is 1. The first kappa shape index (κ1) is 20.4. The van der Waals surface area contributed by atoms with Gasteiger partial charge in [0, 0.05) is 48.0 Å². The fourth-order valence-electron chi connectivity index (χ4n) is 2.19. The number of aliphatic hydroxyl groups excluding tert-OH is 1. The standard InChI is InChI=1S/C19H21ClN4O3/c1-11-3-4-12(10-24-11)15(21)8-17(25)19(23)13-7-14(20)18(9-16(13)22)27-6-5-26-2/h3-4,7-10,21,23,25H,5-6,22H2,1-2H3/b17-8-,21-15?,23-19?. The van der Waals surface area contributed by atoms with Gasteiger partial charge in [0.15, 0.2) is 0 Å². The number of nitrogens with zero attached hydrogens (tertiary/aromatic N) is 1. The first-order chi connectivity index (χ1) is 12.8. The second-order valence-electron chi connectivity index (χ2n) is 5.72. The second kappa shape index (κ2) is 9.16. The number of benzene rings is 1. The van der Waals surface area contributed by atoms with Crippen LogP contribution in [-0.2, 0) is 4.74 Å². The Hall–Kier alpha value is -2.90. The minimum absolute atomic E-state index is 0.0222. The molecule has 142 valence electrons. The second-order valence-corrected chi connectivity index (χ2v) is 6.12. The lowest BCUT2D eigenvalue weighted by Crippen LogP contribution is -2.10. The normalized spacial score (nSPS) is 11.3. The van der Waals surface area contributed by atoms with Crippen LogP contribution >= 0.6 is 11.6 Å². The molecular formula is C19H21ClN4O3. The van der Waals surface area contributed by atoms with Gasteiger partial charge in [-0.15, -0.1) is 0 Å². The van der Waals surface area contributed by atoms with Gasteiger partial charge in [-0.25, -0.2) is 0 Å². The molecule has 7 nitrogen and oxygen atoms in total. The molecule has 0 aliphatic heterocycles. The third-order valence-electron chi connectivity index (χ3n) is 3.68. The van der Waals surface area contributed by atoms with Crippen LogP contribution in [0.3, 0.4) is 0 Å². The van der Waals surface area contributed by atoms with Crippen molar-refractivity contribution in [3.8, 4) is 5.75 Å². The predicted octanol–water partition coefficient (Wildman–Crippen LogP) is 3.53. The van der Waals surface area contributed by atoms with Gasteiger partial charge in [0.1, 0.15) is 23.8 Å². The van der Waals surface area contributed by atoms with Crippen molar-refractivity contribution in [2.45, 2.75) is 6.92 Å². The van der Waals surface area contributed by atoms with Gasteiger partial charge in [-0.05, 0) is 25.1 Å². The van der Waals surface area contributed by atoms with Crippen molar-refractivity contribution >= 4 is 28.7 Å². The summed E-state index contributed by atoms with van der Waals surface area (Å²) in [5.74, 6) is -0.0406. The summed E-state index contributed by atoms with van der Waals surface area (Å²) < 4.78 is 10.4. The highest BCUT2D eigenvalue weighted by Gasteiger charge is 2.15. The van der Waals surface area contributed by atoms with Crippen LogP contribution in [0.15, 0.2) is 42.3 Å². The molecule has 0 spiro atoms. The van der Waals surface area contributed by atoms with Crippen LogP contribution in [0.5, 0.6) is 5.75 Å². The molecular weight excluding hydrogens is 368 g/mol. The molecule has 8 heteroatoms. The topological polar surface area (TPSA) is 125 Å². The quantitative estimate of drug-likeness (QED) is 0.238. The number of halogens is 1. The Morgan fingerprint density at radius 1 is 1.30 bits per heavy atom. The molecule has 0 unspecified atom stereocenters. The van der Waals surface area contributed by atoms with Crippen molar-refractivity contribution in [1.29, 1.82) is 10.8 Å². The Kier molecular flexibility index (Phi) is 6.92. The maximum absolute atomic E-state index is 10.2. The van der Waals surface area contributed by atoms with E-state index >= 15 is 0 Å². The van der Waals surface area contributed by atoms with E-state index in [0.29, 0.717) is 24.5 Å². The number of nitrogens with two attached hydrogens (primary N) is 1. The largest absolute Gasteiger partial charge is 0.506 e. The number of rotatable bonds is 8. The number of aliphatic hydroxyl groups is 1. The van der Waals surface area contributed by atoms with Gasteiger partial charge in [-0.1, -0.05) is 11.6 Å². The van der Waals surface area contributed by atoms with Crippen LogP contribution in [0.25, 0.3) is 0 Å². The van der Waals surface area contributed by atoms with Crippen LogP contribution in [-0.4, -0.2) is 41.8 Å². The summed E-state index contributed by atoms with van der Waals surface area (Å²) in [6.07, 6.45) is 2.70. The summed E-state index contributed by atoms with van der Waals surface area (Å²) in [5.41, 5.74) is 7.56. The van der Waals surface area contributed by atoms with E-state index in [1.807, 2.05) is 6.92 Å². The summed E-state index contributed by atoms with van der Waals surface area (Å²) >= 11 is 6.18. The zero-order chi connectivity index (χ0) is 20.0. The van der Waals surface area contributed by atoms with E-state index in [4.69, 9.17) is 37.6 Å². The number of ether oxygens (including phenoxy) is 2. The average Bonchev–Trinajstić information content (AvgIpc) is 2.64. The van der Waals surface area contributed by atoms with Crippen LogP contribution < -0.4 is 10.5 Å². The van der Waals surface area contributed by atoms with Gasteiger partial charge >= 0.3 is 0 Å². The maximum Gasteiger partial charge on any atom is 0.143 e. The van der Waals surface area contributed by atoms with E-state index in [-0.39, 0.29) is 27.7 Å². The molecule has 27 heavy (non-hydrogen) atoms. The summed E-state index contributed by atoms with van der Waals surface area (Å²) in [7, 11) is 1.56. The molecule has 0 radical (unpaired) electrons. The average molecular weight is 389 g/mol. The summed E-state index contributed by atoms with van der Waals surface area (Å²) in [5, 5.41) is 26.7. The van der Waals surface area contributed by atoms with Crippen molar-refractivity contribution in [2.75, 3.05) is 26.1 Å². The zero-order valence-corrected chi connectivity index (χ0v) is 15.8. The number of aromatic nitrogens is 1. The molecule has 0 saturated carbocycles. The van der Waals surface area contributed by atoms with Crippen molar-refractivity contribution in [1.82, 2.24) is 4.98 Å². The molecule has 1 aromatic carbocycles. The fraction of sp³-hybridized carbons (Fsp3) is 0.211. The highest BCUT2D eigenvalue weighted by molar-refractivity contribution is 6.33. The SMILES string of the molecule is COCCOc1cc(N)c(C(=N)/C(O)=C/C(=N)c2ccc(C)nc2)cc1Cl. The van der Waals surface area contributed by atoms with Crippen molar-refractivity contribution < 1.29 is 14.6 Å². The Morgan fingerprint density at radius 3 is 2.67 bits per heavy atom. The number of allylic oxidation sites excluding steroid dienone is 2. The van der Waals surface area contributed by atoms with E-state index in [1.54, 1.807) is 19.2 Å². The first-order valence-electron chi connectivity index (χ1n) is 8.05. The third-order valence-corrected chi connectivity index (χ3v) is 3.97. The summed E-state index contributed by atoms with van der Waals surface area (Å²) in [6.45, 7) is 2.54. The molecule has 5 N–H and O–H groups in total.